The smallest absolute Gasteiger partial charge is 0.321 e. The van der Waals surface area contributed by atoms with Gasteiger partial charge in [-0.15, -0.1) is 10.2 Å². The second kappa shape index (κ2) is 10.4. The summed E-state index contributed by atoms with van der Waals surface area (Å²) in [6.45, 7) is 7.59. The molecule has 2 rings (SSSR count). The Kier molecular flexibility index (Phi) is 7.87. The van der Waals surface area contributed by atoms with Gasteiger partial charge in [0.2, 0.25) is 5.82 Å². The number of hydrogen-bond donors (Lipinski definition) is 2. The van der Waals surface area contributed by atoms with Crippen molar-refractivity contribution in [2.75, 3.05) is 19.8 Å². The zero-order chi connectivity index (χ0) is 19.6. The van der Waals surface area contributed by atoms with Crippen LogP contribution in [0.15, 0.2) is 24.3 Å². The lowest BCUT2D eigenvalue weighted by atomic mass is 10.0. The second-order valence-electron chi connectivity index (χ2n) is 6.27. The molecule has 0 spiro atoms. The van der Waals surface area contributed by atoms with E-state index in [4.69, 9.17) is 4.74 Å². The maximum atomic E-state index is 11.9. The van der Waals surface area contributed by atoms with Crippen LogP contribution >= 0.6 is 0 Å². The van der Waals surface area contributed by atoms with Gasteiger partial charge < -0.3 is 10.1 Å². The molecule has 9 heteroatoms. The second-order valence-corrected chi connectivity index (χ2v) is 6.27. The molecule has 27 heavy (non-hydrogen) atoms. The Balaban J connectivity index is 1.80. The van der Waals surface area contributed by atoms with Crippen LogP contribution in [0.25, 0.3) is 11.4 Å². The van der Waals surface area contributed by atoms with E-state index < -0.39 is 11.9 Å². The van der Waals surface area contributed by atoms with E-state index in [0.29, 0.717) is 37.9 Å². The number of benzene rings is 1. The van der Waals surface area contributed by atoms with Gasteiger partial charge >= 0.3 is 6.03 Å². The van der Waals surface area contributed by atoms with Crippen molar-refractivity contribution in [1.29, 1.82) is 0 Å². The Morgan fingerprint density at radius 1 is 1.22 bits per heavy atom. The molecular weight excluding hydrogens is 348 g/mol. The molecule has 0 radical (unpaired) electrons. The van der Waals surface area contributed by atoms with E-state index in [1.54, 1.807) is 0 Å². The van der Waals surface area contributed by atoms with Crippen LogP contribution in [-0.4, -0.2) is 51.9 Å². The van der Waals surface area contributed by atoms with Crippen LogP contribution < -0.4 is 10.6 Å². The van der Waals surface area contributed by atoms with Gasteiger partial charge in [0.25, 0.3) is 5.91 Å². The van der Waals surface area contributed by atoms with Crippen LogP contribution in [0.4, 0.5) is 4.79 Å². The summed E-state index contributed by atoms with van der Waals surface area (Å²) in [6.07, 6.45) is 0.680. The van der Waals surface area contributed by atoms with Gasteiger partial charge in [0, 0.05) is 25.3 Å². The number of tetrazole rings is 1. The number of nitrogens with zero attached hydrogens (tertiary/aromatic N) is 4. The van der Waals surface area contributed by atoms with Gasteiger partial charge in [0.1, 0.15) is 6.54 Å². The number of urea groups is 1. The van der Waals surface area contributed by atoms with Crippen molar-refractivity contribution in [2.45, 2.75) is 39.7 Å². The quantitative estimate of drug-likeness (QED) is 0.647. The van der Waals surface area contributed by atoms with Gasteiger partial charge in [0.15, 0.2) is 0 Å². The van der Waals surface area contributed by atoms with Gasteiger partial charge in [-0.2, -0.15) is 4.80 Å². The molecule has 2 aromatic rings. The maximum absolute atomic E-state index is 11.9. The minimum absolute atomic E-state index is 0.191. The molecule has 0 saturated heterocycles. The molecule has 0 atom stereocenters. The molecule has 0 bridgehead atoms. The molecule has 0 saturated carbocycles. The van der Waals surface area contributed by atoms with Crippen molar-refractivity contribution in [1.82, 2.24) is 30.8 Å². The predicted molar refractivity (Wildman–Crippen MR) is 100.0 cm³/mol. The zero-order valence-corrected chi connectivity index (χ0v) is 15.9. The van der Waals surface area contributed by atoms with E-state index in [1.807, 2.05) is 31.2 Å². The van der Waals surface area contributed by atoms with Crippen molar-refractivity contribution in [3.05, 3.63) is 29.8 Å². The van der Waals surface area contributed by atoms with Gasteiger partial charge in [0.05, 0.1) is 0 Å². The van der Waals surface area contributed by atoms with Crippen LogP contribution in [-0.2, 0) is 16.1 Å². The van der Waals surface area contributed by atoms with E-state index in [-0.39, 0.29) is 6.54 Å². The van der Waals surface area contributed by atoms with Gasteiger partial charge in [-0.25, -0.2) is 4.79 Å². The minimum Gasteiger partial charge on any atom is -0.382 e. The zero-order valence-electron chi connectivity index (χ0n) is 15.9. The summed E-state index contributed by atoms with van der Waals surface area (Å²) >= 11 is 0. The number of carbonyl (C=O) groups is 2. The first-order chi connectivity index (χ1) is 13.0. The normalized spacial score (nSPS) is 10.8. The summed E-state index contributed by atoms with van der Waals surface area (Å²) in [5.74, 6) is 0.353. The van der Waals surface area contributed by atoms with Crippen LogP contribution in [0, 0.1) is 0 Å². The third kappa shape index (κ3) is 6.78. The Bertz CT molecular complexity index is 742. The number of aromatic nitrogens is 4. The topological polar surface area (TPSA) is 111 Å². The van der Waals surface area contributed by atoms with Crippen molar-refractivity contribution in [3.63, 3.8) is 0 Å². The SMILES string of the molecule is CCOCCCNC(=O)NC(=O)Cn1nnc(-c2ccc(C(C)C)cc2)n1. The molecule has 0 aliphatic heterocycles. The summed E-state index contributed by atoms with van der Waals surface area (Å²) in [7, 11) is 0. The summed E-state index contributed by atoms with van der Waals surface area (Å²) in [5, 5.41) is 16.8. The molecule has 146 valence electrons. The third-order valence-corrected chi connectivity index (χ3v) is 3.78. The van der Waals surface area contributed by atoms with Crippen molar-refractivity contribution >= 4 is 11.9 Å². The number of nitrogens with one attached hydrogen (secondary N) is 2. The molecule has 0 aliphatic carbocycles. The number of rotatable bonds is 9. The summed E-state index contributed by atoms with van der Waals surface area (Å²) in [5.41, 5.74) is 2.04. The molecule has 0 aliphatic rings. The molecule has 0 unspecified atom stereocenters. The van der Waals surface area contributed by atoms with Gasteiger partial charge in [-0.05, 0) is 30.0 Å². The van der Waals surface area contributed by atoms with Crippen LogP contribution in [0.1, 0.15) is 38.7 Å². The molecule has 3 amide bonds. The van der Waals surface area contributed by atoms with Crippen molar-refractivity contribution in [3.8, 4) is 11.4 Å². The van der Waals surface area contributed by atoms with Gasteiger partial charge in [-0.3, -0.25) is 10.1 Å². The van der Waals surface area contributed by atoms with E-state index in [2.05, 4.69) is 39.9 Å². The minimum atomic E-state index is -0.555. The first kappa shape index (κ1) is 20.5. The first-order valence-corrected chi connectivity index (χ1v) is 9.03. The Hall–Kier alpha value is -2.81. The van der Waals surface area contributed by atoms with E-state index in [0.717, 1.165) is 10.4 Å². The Labute approximate surface area is 158 Å². The average molecular weight is 374 g/mol. The molecule has 9 nitrogen and oxygen atoms in total. The Morgan fingerprint density at radius 2 is 1.96 bits per heavy atom. The Morgan fingerprint density at radius 3 is 2.63 bits per heavy atom. The number of hydrogen-bond acceptors (Lipinski definition) is 6. The van der Waals surface area contributed by atoms with Gasteiger partial charge in [-0.1, -0.05) is 38.1 Å². The average Bonchev–Trinajstić information content (AvgIpc) is 3.09. The van der Waals surface area contributed by atoms with Crippen LogP contribution in [0.3, 0.4) is 0 Å². The molecule has 1 aromatic carbocycles. The van der Waals surface area contributed by atoms with E-state index in [1.165, 1.54) is 5.56 Å². The maximum Gasteiger partial charge on any atom is 0.321 e. The largest absolute Gasteiger partial charge is 0.382 e. The fourth-order valence-corrected chi connectivity index (χ4v) is 2.30. The molecule has 1 heterocycles. The van der Waals surface area contributed by atoms with Crippen LogP contribution in [0.2, 0.25) is 0 Å². The number of amides is 3. The number of ether oxygens (including phenoxy) is 1. The van der Waals surface area contributed by atoms with Crippen molar-refractivity contribution < 1.29 is 14.3 Å². The molecule has 0 fully saturated rings. The lowest BCUT2D eigenvalue weighted by Gasteiger charge is -2.06. The van der Waals surface area contributed by atoms with E-state index >= 15 is 0 Å². The molecule has 2 N–H and O–H groups in total. The third-order valence-electron chi connectivity index (χ3n) is 3.78. The lowest BCUT2D eigenvalue weighted by Crippen LogP contribution is -2.41. The first-order valence-electron chi connectivity index (χ1n) is 9.03. The van der Waals surface area contributed by atoms with E-state index in [9.17, 15) is 9.59 Å². The standard InChI is InChI=1S/C18H26N6O3/c1-4-27-11-5-10-19-18(26)20-16(25)12-24-22-17(21-23-24)15-8-6-14(7-9-15)13(2)3/h6-9,13H,4-5,10-12H2,1-3H3,(H2,19,20,25,26). The highest BCUT2D eigenvalue weighted by Crippen LogP contribution is 2.19. The monoisotopic (exact) mass is 374 g/mol. The van der Waals surface area contributed by atoms with Crippen LogP contribution in [0.5, 0.6) is 0 Å². The predicted octanol–water partition coefficient (Wildman–Crippen LogP) is 1.72. The highest BCUT2D eigenvalue weighted by molar-refractivity contribution is 5.94. The number of imide groups is 1. The molecular formula is C18H26N6O3. The molecule has 1 aromatic heterocycles. The summed E-state index contributed by atoms with van der Waals surface area (Å²) in [6, 6.07) is 7.33. The fraction of sp³-hybridized carbons (Fsp3) is 0.500. The highest BCUT2D eigenvalue weighted by atomic mass is 16.5. The fourth-order valence-electron chi connectivity index (χ4n) is 2.30. The highest BCUT2D eigenvalue weighted by Gasteiger charge is 2.12. The number of carbonyl (C=O) groups excluding carboxylic acids is 2. The lowest BCUT2D eigenvalue weighted by molar-refractivity contribution is -0.121. The summed E-state index contributed by atoms with van der Waals surface area (Å²) in [4.78, 5) is 24.7. The summed E-state index contributed by atoms with van der Waals surface area (Å²) < 4.78 is 5.17. The van der Waals surface area contributed by atoms with Crippen molar-refractivity contribution in [2.24, 2.45) is 0 Å².